The van der Waals surface area contributed by atoms with E-state index in [9.17, 15) is 18.3 Å². The molecule has 1 saturated carbocycles. The number of amides is 1. The van der Waals surface area contributed by atoms with E-state index in [2.05, 4.69) is 9.62 Å². The minimum absolute atomic E-state index is 0.0152. The number of allylic oxidation sites excluding steroid dienone is 1. The van der Waals surface area contributed by atoms with Gasteiger partial charge in [-0.3, -0.25) is 4.79 Å². The fourth-order valence-electron chi connectivity index (χ4n) is 6.14. The van der Waals surface area contributed by atoms with Gasteiger partial charge in [-0.2, -0.15) is 0 Å². The molecule has 2 heterocycles. The van der Waals surface area contributed by atoms with Crippen LogP contribution in [0.25, 0.3) is 0 Å². The summed E-state index contributed by atoms with van der Waals surface area (Å²) < 4.78 is 40.8. The van der Waals surface area contributed by atoms with Crippen LogP contribution in [0.15, 0.2) is 48.6 Å². The predicted octanol–water partition coefficient (Wildman–Crippen LogP) is 5.26. The molecule has 1 aliphatic carbocycles. The Labute approximate surface area is 254 Å². The van der Waals surface area contributed by atoms with Crippen molar-refractivity contribution >= 4 is 33.2 Å². The molecular weight excluding hydrogens is 576 g/mol. The Balaban J connectivity index is 1.52. The van der Waals surface area contributed by atoms with Crippen LogP contribution in [0.1, 0.15) is 66.9 Å². The number of hydrogen-bond donors (Lipinski definition) is 2. The Kier molecular flexibility index (Phi) is 10.1. The molecule has 228 valence electrons. The number of rotatable bonds is 3. The molecule has 4 atom stereocenters. The highest BCUT2D eigenvalue weighted by molar-refractivity contribution is 7.90. The summed E-state index contributed by atoms with van der Waals surface area (Å²) in [7, 11) is -4.02. The van der Waals surface area contributed by atoms with Crippen molar-refractivity contribution in [1.29, 1.82) is 0 Å². The number of aliphatic hydroxyl groups excluding tert-OH is 1. The molecule has 1 amide bonds. The van der Waals surface area contributed by atoms with Crippen molar-refractivity contribution in [2.24, 2.45) is 11.8 Å². The molecular formula is C32H41ClN2O6S. The van der Waals surface area contributed by atoms with Crippen molar-refractivity contribution in [2.75, 3.05) is 31.2 Å². The molecule has 42 heavy (non-hydrogen) atoms. The quantitative estimate of drug-likeness (QED) is 0.453. The zero-order valence-corrected chi connectivity index (χ0v) is 25.7. The fourth-order valence-corrected chi connectivity index (χ4v) is 7.60. The molecule has 2 aromatic rings. The minimum Gasteiger partial charge on any atom is -0.487 e. The number of nitrogens with one attached hydrogen (secondary N) is 1. The SMILES string of the molecule is CCOC[C@@H]1CC/C=C/[C@H](O)[C@@H]2CC[C@H]2CN2CCCCc3cc(Cl)ccc3COc3ccc(cc32)C(=O)NS1(=O)=O. The van der Waals surface area contributed by atoms with E-state index in [0.717, 1.165) is 49.9 Å². The number of aliphatic hydroxyl groups is 1. The molecule has 3 aliphatic rings. The minimum atomic E-state index is -4.02. The monoisotopic (exact) mass is 616 g/mol. The van der Waals surface area contributed by atoms with E-state index >= 15 is 0 Å². The Morgan fingerprint density at radius 2 is 1.98 bits per heavy atom. The lowest BCUT2D eigenvalue weighted by Crippen LogP contribution is -2.43. The Morgan fingerprint density at radius 3 is 2.76 bits per heavy atom. The van der Waals surface area contributed by atoms with Gasteiger partial charge in [-0.1, -0.05) is 29.8 Å². The number of anilines is 1. The molecule has 2 N–H and O–H groups in total. The first-order valence-electron chi connectivity index (χ1n) is 15.0. The van der Waals surface area contributed by atoms with Crippen LogP contribution in [0.3, 0.4) is 0 Å². The number of ether oxygens (including phenoxy) is 2. The highest BCUT2D eigenvalue weighted by atomic mass is 35.5. The first-order chi connectivity index (χ1) is 20.2. The van der Waals surface area contributed by atoms with Gasteiger partial charge in [-0.15, -0.1) is 0 Å². The van der Waals surface area contributed by atoms with Gasteiger partial charge in [0.1, 0.15) is 17.6 Å². The van der Waals surface area contributed by atoms with Gasteiger partial charge in [0.05, 0.1) is 18.4 Å². The second-order valence-corrected chi connectivity index (χ2v) is 13.9. The zero-order valence-electron chi connectivity index (χ0n) is 24.1. The topological polar surface area (TPSA) is 105 Å². The largest absolute Gasteiger partial charge is 0.487 e. The molecule has 2 aromatic carbocycles. The van der Waals surface area contributed by atoms with Crippen LogP contribution in [0.4, 0.5) is 5.69 Å². The highest BCUT2D eigenvalue weighted by Gasteiger charge is 2.37. The van der Waals surface area contributed by atoms with Gasteiger partial charge in [0, 0.05) is 30.3 Å². The Morgan fingerprint density at radius 1 is 1.12 bits per heavy atom. The van der Waals surface area contributed by atoms with Gasteiger partial charge in [0.2, 0.25) is 10.0 Å². The second-order valence-electron chi connectivity index (χ2n) is 11.5. The average Bonchev–Trinajstić information content (AvgIpc) is 2.97. The molecule has 5 rings (SSSR count). The lowest BCUT2D eigenvalue weighted by Gasteiger charge is -2.42. The fraction of sp³-hybridized carbons (Fsp3) is 0.531. The van der Waals surface area contributed by atoms with E-state index in [-0.39, 0.29) is 30.4 Å². The van der Waals surface area contributed by atoms with Gasteiger partial charge in [0.15, 0.2) is 0 Å². The number of aryl methyl sites for hydroxylation is 1. The van der Waals surface area contributed by atoms with Crippen molar-refractivity contribution in [3.05, 3.63) is 70.3 Å². The summed E-state index contributed by atoms with van der Waals surface area (Å²) in [5, 5.41) is 10.8. The zero-order chi connectivity index (χ0) is 29.7. The number of benzene rings is 2. The summed E-state index contributed by atoms with van der Waals surface area (Å²) in [5.74, 6) is 0.365. The maximum Gasteiger partial charge on any atom is 0.264 e. The lowest BCUT2D eigenvalue weighted by molar-refractivity contribution is 0.0461. The van der Waals surface area contributed by atoms with Gasteiger partial charge in [-0.05, 0) is 105 Å². The van der Waals surface area contributed by atoms with Crippen molar-refractivity contribution in [1.82, 2.24) is 4.72 Å². The van der Waals surface area contributed by atoms with E-state index in [4.69, 9.17) is 21.1 Å². The first-order valence-corrected chi connectivity index (χ1v) is 16.9. The number of halogens is 1. The van der Waals surface area contributed by atoms with Crippen molar-refractivity contribution < 1.29 is 27.8 Å². The molecule has 0 saturated heterocycles. The van der Waals surface area contributed by atoms with Gasteiger partial charge in [-0.25, -0.2) is 13.1 Å². The summed E-state index contributed by atoms with van der Waals surface area (Å²) in [5.41, 5.74) is 3.24. The van der Waals surface area contributed by atoms with Gasteiger partial charge >= 0.3 is 0 Å². The molecule has 2 aliphatic heterocycles. The second kappa shape index (κ2) is 13.8. The molecule has 0 spiro atoms. The van der Waals surface area contributed by atoms with Crippen LogP contribution in [-0.4, -0.2) is 57.1 Å². The average molecular weight is 617 g/mol. The number of nitrogens with zero attached hydrogens (tertiary/aromatic N) is 1. The number of hydrogen-bond acceptors (Lipinski definition) is 7. The van der Waals surface area contributed by atoms with E-state index in [1.54, 1.807) is 31.2 Å². The number of carbonyl (C=O) groups is 1. The van der Waals surface area contributed by atoms with Crippen LogP contribution in [-0.2, 0) is 27.8 Å². The van der Waals surface area contributed by atoms with E-state index in [1.165, 1.54) is 5.56 Å². The summed E-state index contributed by atoms with van der Waals surface area (Å²) in [4.78, 5) is 15.6. The molecule has 0 unspecified atom stereocenters. The van der Waals surface area contributed by atoms with Crippen LogP contribution >= 0.6 is 11.6 Å². The molecule has 1 fully saturated rings. The summed E-state index contributed by atoms with van der Waals surface area (Å²) in [6, 6.07) is 11.0. The van der Waals surface area contributed by atoms with Crippen molar-refractivity contribution in [3.8, 4) is 5.75 Å². The molecule has 0 radical (unpaired) electrons. The number of carbonyl (C=O) groups excluding carboxylic acids is 1. The van der Waals surface area contributed by atoms with Crippen LogP contribution in [0, 0.1) is 11.8 Å². The third kappa shape index (κ3) is 7.30. The Hall–Kier alpha value is -2.59. The van der Waals surface area contributed by atoms with Crippen LogP contribution in [0.5, 0.6) is 5.75 Å². The normalized spacial score (nSPS) is 27.2. The Bertz CT molecular complexity index is 1400. The first kappa shape index (κ1) is 30.9. The smallest absolute Gasteiger partial charge is 0.264 e. The maximum atomic E-state index is 13.4. The van der Waals surface area contributed by atoms with Crippen molar-refractivity contribution in [2.45, 2.75) is 69.8 Å². The number of fused-ring (bicyclic) bond motifs is 3. The van der Waals surface area contributed by atoms with E-state index < -0.39 is 27.3 Å². The molecule has 10 heteroatoms. The third-order valence-corrected chi connectivity index (χ3v) is 10.7. The maximum absolute atomic E-state index is 13.4. The van der Waals surface area contributed by atoms with E-state index in [1.807, 2.05) is 24.3 Å². The summed E-state index contributed by atoms with van der Waals surface area (Å²) in [6.07, 6.45) is 8.50. The van der Waals surface area contributed by atoms with Gasteiger partial charge in [0.25, 0.3) is 5.91 Å². The lowest BCUT2D eigenvalue weighted by atomic mass is 9.70. The molecule has 2 bridgehead atoms. The summed E-state index contributed by atoms with van der Waals surface area (Å²) in [6.45, 7) is 3.96. The van der Waals surface area contributed by atoms with E-state index in [0.29, 0.717) is 37.0 Å². The number of sulfonamides is 1. The third-order valence-electron chi connectivity index (χ3n) is 8.78. The predicted molar refractivity (Wildman–Crippen MR) is 165 cm³/mol. The van der Waals surface area contributed by atoms with Crippen molar-refractivity contribution in [3.63, 3.8) is 0 Å². The highest BCUT2D eigenvalue weighted by Crippen LogP contribution is 2.41. The summed E-state index contributed by atoms with van der Waals surface area (Å²) >= 11 is 6.30. The molecule has 0 aromatic heterocycles. The standard InChI is InChI=1S/C32H41ClN2O6S/c1-2-40-21-27-8-3-4-9-30(36)28-14-11-24(28)19-35-16-6-5-7-22-17-26(33)13-10-25(22)20-41-31-15-12-23(18-29(31)35)32(37)34-42(27,38)39/h4,9-10,12-13,15,17-18,24,27-28,30,36H,2-3,5-8,11,14,16,19-21H2,1H3,(H,34,37)/b9-4+/t24-,27-,28+,30-/m0/s1. The van der Waals surface area contributed by atoms with Gasteiger partial charge < -0.3 is 19.5 Å². The molecule has 8 nitrogen and oxygen atoms in total. The van der Waals surface area contributed by atoms with Crippen LogP contribution in [0.2, 0.25) is 5.02 Å². The van der Waals surface area contributed by atoms with Crippen LogP contribution < -0.4 is 14.4 Å².